The molecule has 0 aliphatic rings. The van der Waals surface area contributed by atoms with Gasteiger partial charge in [-0.05, 0) is 11.6 Å². The molecule has 5 nitrogen and oxygen atoms in total. The highest BCUT2D eigenvalue weighted by Gasteiger charge is 2.09. The molecule has 0 saturated carbocycles. The summed E-state index contributed by atoms with van der Waals surface area (Å²) in [5.41, 5.74) is 4.24. The topological polar surface area (TPSA) is 74.2 Å². The zero-order chi connectivity index (χ0) is 11.5. The van der Waals surface area contributed by atoms with E-state index in [0.29, 0.717) is 6.54 Å². The van der Waals surface area contributed by atoms with Gasteiger partial charge in [-0.15, -0.1) is 0 Å². The van der Waals surface area contributed by atoms with Gasteiger partial charge in [0.2, 0.25) is 0 Å². The van der Waals surface area contributed by atoms with Crippen LogP contribution >= 0.6 is 0 Å². The van der Waals surface area contributed by atoms with Crippen LogP contribution in [0.4, 0.5) is 4.79 Å². The number of amides is 2. The number of urea groups is 1. The third kappa shape index (κ3) is 1.85. The summed E-state index contributed by atoms with van der Waals surface area (Å²) in [6.45, 7) is 0.521. The molecule has 1 heterocycles. The van der Waals surface area contributed by atoms with Crippen LogP contribution in [0.2, 0.25) is 0 Å². The van der Waals surface area contributed by atoms with Gasteiger partial charge < -0.3 is 9.88 Å². The van der Waals surface area contributed by atoms with Crippen LogP contribution in [0.3, 0.4) is 0 Å². The molecule has 0 fully saturated rings. The Morgan fingerprint density at radius 3 is 3.00 bits per heavy atom. The first-order valence-corrected chi connectivity index (χ1v) is 4.99. The summed E-state index contributed by atoms with van der Waals surface area (Å²) < 4.78 is 0. The number of benzene rings is 1. The number of carbonyl (C=O) groups is 1. The normalized spacial score (nSPS) is 10.4. The predicted octanol–water partition coefficient (Wildman–Crippen LogP) is 1.18. The van der Waals surface area contributed by atoms with Crippen molar-refractivity contribution in [2.45, 2.75) is 6.54 Å². The Labute approximate surface area is 93.2 Å². The van der Waals surface area contributed by atoms with E-state index in [1.165, 1.54) is 4.90 Å². The van der Waals surface area contributed by atoms with Gasteiger partial charge in [0, 0.05) is 30.7 Å². The first-order chi connectivity index (χ1) is 7.72. The zero-order valence-electron chi connectivity index (χ0n) is 9.03. The molecule has 0 aliphatic heterocycles. The van der Waals surface area contributed by atoms with Crippen molar-refractivity contribution in [3.63, 3.8) is 0 Å². The van der Waals surface area contributed by atoms with Crippen LogP contribution in [0.5, 0.6) is 0 Å². The lowest BCUT2D eigenvalue weighted by molar-refractivity contribution is 0.207. The number of para-hydroxylation sites is 1. The fourth-order valence-electron chi connectivity index (χ4n) is 1.70. The smallest absolute Gasteiger partial charge is 0.331 e. The van der Waals surface area contributed by atoms with Gasteiger partial charge in [0.25, 0.3) is 0 Å². The maximum absolute atomic E-state index is 11.3. The van der Waals surface area contributed by atoms with E-state index >= 15 is 0 Å². The SMILES string of the molecule is CN(Cc1c[nH]c2ccccc12)C(=O)NN. The first kappa shape index (κ1) is 10.5. The van der Waals surface area contributed by atoms with E-state index < -0.39 is 0 Å². The number of fused-ring (bicyclic) bond motifs is 1. The van der Waals surface area contributed by atoms with Crippen LogP contribution in [0, 0.1) is 0 Å². The van der Waals surface area contributed by atoms with Gasteiger partial charge in [0.15, 0.2) is 0 Å². The van der Waals surface area contributed by atoms with Crippen molar-refractivity contribution in [2.24, 2.45) is 5.84 Å². The quantitative estimate of drug-likeness (QED) is 0.402. The number of hydrogen-bond acceptors (Lipinski definition) is 2. The molecule has 0 spiro atoms. The van der Waals surface area contributed by atoms with Gasteiger partial charge in [-0.1, -0.05) is 18.2 Å². The van der Waals surface area contributed by atoms with Gasteiger partial charge in [0.1, 0.15) is 0 Å². The summed E-state index contributed by atoms with van der Waals surface area (Å²) in [6.07, 6.45) is 1.91. The van der Waals surface area contributed by atoms with Crippen LogP contribution < -0.4 is 11.3 Å². The van der Waals surface area contributed by atoms with E-state index in [4.69, 9.17) is 5.84 Å². The minimum Gasteiger partial charge on any atom is -0.361 e. The lowest BCUT2D eigenvalue weighted by Gasteiger charge is -2.15. The Kier molecular flexibility index (Phi) is 2.78. The molecule has 4 N–H and O–H groups in total. The van der Waals surface area contributed by atoms with E-state index in [2.05, 4.69) is 10.4 Å². The van der Waals surface area contributed by atoms with Gasteiger partial charge in [-0.2, -0.15) is 0 Å². The van der Waals surface area contributed by atoms with Gasteiger partial charge in [0.05, 0.1) is 0 Å². The standard InChI is InChI=1S/C11H14N4O/c1-15(11(16)14-12)7-8-6-13-10-5-3-2-4-9(8)10/h2-6,13H,7,12H2,1H3,(H,14,16). The Hall–Kier alpha value is -2.01. The lowest BCUT2D eigenvalue weighted by Crippen LogP contribution is -2.40. The fraction of sp³-hybridized carbons (Fsp3) is 0.182. The summed E-state index contributed by atoms with van der Waals surface area (Å²) in [6, 6.07) is 7.67. The molecular weight excluding hydrogens is 204 g/mol. The molecule has 1 aromatic heterocycles. The number of hydrazine groups is 1. The molecule has 2 amide bonds. The van der Waals surface area contributed by atoms with Crippen molar-refractivity contribution in [1.82, 2.24) is 15.3 Å². The Bertz CT molecular complexity index is 505. The van der Waals surface area contributed by atoms with Crippen molar-refractivity contribution >= 4 is 16.9 Å². The summed E-state index contributed by atoms with van der Waals surface area (Å²) in [4.78, 5) is 15.9. The van der Waals surface area contributed by atoms with E-state index in [1.807, 2.05) is 30.5 Å². The molecular formula is C11H14N4O. The second-order valence-corrected chi connectivity index (χ2v) is 3.67. The van der Waals surface area contributed by atoms with Crippen LogP contribution in [0.15, 0.2) is 30.5 Å². The zero-order valence-corrected chi connectivity index (χ0v) is 9.03. The summed E-state index contributed by atoms with van der Waals surface area (Å²) in [7, 11) is 1.70. The molecule has 0 aliphatic carbocycles. The molecule has 5 heteroatoms. The maximum atomic E-state index is 11.3. The Morgan fingerprint density at radius 1 is 1.50 bits per heavy atom. The van der Waals surface area contributed by atoms with E-state index in [9.17, 15) is 4.79 Å². The molecule has 0 atom stereocenters. The van der Waals surface area contributed by atoms with Crippen LogP contribution in [-0.2, 0) is 6.54 Å². The number of hydrogen-bond donors (Lipinski definition) is 3. The van der Waals surface area contributed by atoms with Crippen molar-refractivity contribution in [3.8, 4) is 0 Å². The number of rotatable bonds is 2. The molecule has 2 rings (SSSR count). The highest BCUT2D eigenvalue weighted by Crippen LogP contribution is 2.18. The maximum Gasteiger partial charge on any atom is 0.331 e. The summed E-state index contributed by atoms with van der Waals surface area (Å²) in [5, 5.41) is 1.12. The highest BCUT2D eigenvalue weighted by atomic mass is 16.2. The number of carbonyl (C=O) groups excluding carboxylic acids is 1. The van der Waals surface area contributed by atoms with Gasteiger partial charge in [-0.3, -0.25) is 5.43 Å². The minimum absolute atomic E-state index is 0.301. The molecule has 0 bridgehead atoms. The molecule has 0 saturated heterocycles. The van der Waals surface area contributed by atoms with E-state index in [0.717, 1.165) is 16.5 Å². The van der Waals surface area contributed by atoms with Crippen LogP contribution in [-0.4, -0.2) is 23.0 Å². The van der Waals surface area contributed by atoms with Crippen molar-refractivity contribution in [1.29, 1.82) is 0 Å². The molecule has 0 radical (unpaired) electrons. The second-order valence-electron chi connectivity index (χ2n) is 3.67. The Balaban J connectivity index is 2.24. The van der Waals surface area contributed by atoms with Crippen LogP contribution in [0.1, 0.15) is 5.56 Å². The average Bonchev–Trinajstić information content (AvgIpc) is 2.72. The van der Waals surface area contributed by atoms with E-state index in [-0.39, 0.29) is 6.03 Å². The average molecular weight is 218 g/mol. The molecule has 0 unspecified atom stereocenters. The largest absolute Gasteiger partial charge is 0.361 e. The summed E-state index contributed by atoms with van der Waals surface area (Å²) in [5.74, 6) is 5.07. The molecule has 16 heavy (non-hydrogen) atoms. The second kappa shape index (κ2) is 4.24. The highest BCUT2D eigenvalue weighted by molar-refractivity contribution is 5.83. The molecule has 1 aromatic carbocycles. The third-order valence-corrected chi connectivity index (χ3v) is 2.55. The Morgan fingerprint density at radius 2 is 2.25 bits per heavy atom. The van der Waals surface area contributed by atoms with Crippen molar-refractivity contribution in [2.75, 3.05) is 7.05 Å². The van der Waals surface area contributed by atoms with E-state index in [1.54, 1.807) is 7.05 Å². The molecule has 84 valence electrons. The lowest BCUT2D eigenvalue weighted by atomic mass is 10.2. The fourth-order valence-corrected chi connectivity index (χ4v) is 1.70. The minimum atomic E-state index is -0.301. The predicted molar refractivity (Wildman–Crippen MR) is 62.5 cm³/mol. The number of nitrogens with two attached hydrogens (primary N) is 1. The van der Waals surface area contributed by atoms with Crippen LogP contribution in [0.25, 0.3) is 10.9 Å². The number of H-pyrrole nitrogens is 1. The summed E-state index contributed by atoms with van der Waals surface area (Å²) >= 11 is 0. The number of aromatic nitrogens is 1. The van der Waals surface area contributed by atoms with Crippen molar-refractivity contribution in [3.05, 3.63) is 36.0 Å². The first-order valence-electron chi connectivity index (χ1n) is 4.99. The monoisotopic (exact) mass is 218 g/mol. The van der Waals surface area contributed by atoms with Gasteiger partial charge >= 0.3 is 6.03 Å². The number of nitrogens with zero attached hydrogens (tertiary/aromatic N) is 1. The number of aromatic amines is 1. The van der Waals surface area contributed by atoms with Gasteiger partial charge in [-0.25, -0.2) is 10.6 Å². The number of nitrogens with one attached hydrogen (secondary N) is 2. The third-order valence-electron chi connectivity index (χ3n) is 2.55. The van der Waals surface area contributed by atoms with Crippen molar-refractivity contribution < 1.29 is 4.79 Å². The molecule has 2 aromatic rings.